The number of carbonyl (C=O) groups excluding carboxylic acids is 1. The Hall–Kier alpha value is -1.54. The number of halogens is 2. The molecule has 1 rings (SSSR count). The summed E-state index contributed by atoms with van der Waals surface area (Å²) in [5, 5.41) is 0. The van der Waals surface area contributed by atoms with Gasteiger partial charge in [0, 0.05) is 6.07 Å². The lowest BCUT2D eigenvalue weighted by Gasteiger charge is -2.22. The van der Waals surface area contributed by atoms with E-state index in [0.717, 1.165) is 6.07 Å². The molecule has 124 valence electrons. The normalized spacial score (nSPS) is 13.2. The fourth-order valence-corrected chi connectivity index (χ4v) is 3.15. The van der Waals surface area contributed by atoms with E-state index in [4.69, 9.17) is 0 Å². The topological polar surface area (TPSA) is 66.5 Å². The van der Waals surface area contributed by atoms with E-state index in [2.05, 4.69) is 0 Å². The number of aryl methyl sites for hydroxylation is 1. The molecule has 0 spiro atoms. The second-order valence-electron chi connectivity index (χ2n) is 5.27. The zero-order chi connectivity index (χ0) is 17.1. The number of nitrogens with zero attached hydrogens (tertiary/aromatic N) is 1. The lowest BCUT2D eigenvalue weighted by molar-refractivity contribution is -0.123. The van der Waals surface area contributed by atoms with Crippen LogP contribution in [0.5, 0.6) is 0 Å². The summed E-state index contributed by atoms with van der Waals surface area (Å²) in [7, 11) is -1.10. The van der Waals surface area contributed by atoms with Crippen LogP contribution in [0.4, 0.5) is 8.78 Å². The first kappa shape index (κ1) is 18.5. The molecule has 0 aromatic heterocycles. The summed E-state index contributed by atoms with van der Waals surface area (Å²) < 4.78 is 53.1. The van der Waals surface area contributed by atoms with Gasteiger partial charge in [0.25, 0.3) is 15.9 Å². The number of rotatable bonds is 6. The second kappa shape index (κ2) is 7.15. The molecule has 1 N–H and O–H groups in total. The zero-order valence-electron chi connectivity index (χ0n) is 13.0. The number of likely N-dealkylation sites (N-methyl/N-ethyl adjacent to an activating group) is 1. The molecular formula is C14H20F2N2O3S. The fourth-order valence-electron chi connectivity index (χ4n) is 1.99. The molecule has 0 radical (unpaired) electrons. The predicted molar refractivity (Wildman–Crippen MR) is 78.8 cm³/mol. The van der Waals surface area contributed by atoms with E-state index in [1.165, 1.54) is 6.92 Å². The van der Waals surface area contributed by atoms with Crippen molar-refractivity contribution in [3.63, 3.8) is 0 Å². The lowest BCUT2D eigenvalue weighted by Crippen LogP contribution is -2.45. The summed E-state index contributed by atoms with van der Waals surface area (Å²) in [6.07, 6.45) is 1.14. The summed E-state index contributed by atoms with van der Waals surface area (Å²) in [5.74, 6) is -2.83. The Balaban J connectivity index is 3.10. The largest absolute Gasteiger partial charge is 0.298 e. The summed E-state index contributed by atoms with van der Waals surface area (Å²) in [6, 6.07) is 0.707. The van der Waals surface area contributed by atoms with Gasteiger partial charge in [-0.15, -0.1) is 0 Å². The van der Waals surface area contributed by atoms with Crippen LogP contribution in [0.15, 0.2) is 17.0 Å². The van der Waals surface area contributed by atoms with Crippen LogP contribution >= 0.6 is 0 Å². The number of nitrogens with one attached hydrogen (secondary N) is 1. The number of hydrogen-bond donors (Lipinski definition) is 1. The van der Waals surface area contributed by atoms with Crippen LogP contribution < -0.4 is 4.72 Å². The third kappa shape index (κ3) is 4.23. The van der Waals surface area contributed by atoms with Crippen molar-refractivity contribution in [1.29, 1.82) is 0 Å². The molecule has 0 saturated heterocycles. The Morgan fingerprint density at radius 3 is 2.36 bits per heavy atom. The number of hydrogen-bond acceptors (Lipinski definition) is 4. The molecule has 0 fully saturated rings. The van der Waals surface area contributed by atoms with Gasteiger partial charge in [0.1, 0.15) is 16.5 Å². The van der Waals surface area contributed by atoms with Crippen LogP contribution in [0, 0.1) is 18.6 Å². The predicted octanol–water partition coefficient (Wildman–Crippen LogP) is 1.81. The van der Waals surface area contributed by atoms with E-state index in [1.54, 1.807) is 19.0 Å². The lowest BCUT2D eigenvalue weighted by atomic mass is 10.1. The molecule has 1 unspecified atom stereocenters. The van der Waals surface area contributed by atoms with Crippen LogP contribution in [0.1, 0.15) is 25.3 Å². The maximum atomic E-state index is 13.7. The average molecular weight is 334 g/mol. The quantitative estimate of drug-likeness (QED) is 0.862. The van der Waals surface area contributed by atoms with E-state index in [1.807, 2.05) is 11.6 Å². The van der Waals surface area contributed by atoms with Gasteiger partial charge in [0.05, 0.1) is 6.04 Å². The number of carbonyl (C=O) groups is 1. The fraction of sp³-hybridized carbons (Fsp3) is 0.500. The molecule has 1 aromatic carbocycles. The van der Waals surface area contributed by atoms with Crippen LogP contribution in [-0.4, -0.2) is 39.4 Å². The van der Waals surface area contributed by atoms with E-state index in [9.17, 15) is 22.0 Å². The number of benzene rings is 1. The summed E-state index contributed by atoms with van der Waals surface area (Å²) in [4.78, 5) is 12.9. The molecule has 0 saturated carbocycles. The van der Waals surface area contributed by atoms with Gasteiger partial charge >= 0.3 is 0 Å². The van der Waals surface area contributed by atoms with Gasteiger partial charge in [0.2, 0.25) is 0 Å². The van der Waals surface area contributed by atoms with Crippen LogP contribution in [0.2, 0.25) is 0 Å². The Morgan fingerprint density at radius 1 is 1.27 bits per heavy atom. The minimum absolute atomic E-state index is 0.0214. The minimum Gasteiger partial charge on any atom is -0.298 e. The van der Waals surface area contributed by atoms with Gasteiger partial charge in [-0.25, -0.2) is 21.9 Å². The molecule has 0 aliphatic rings. The standard InChI is InChI=1S/C14H20F2N2O3S/c1-5-6-12(18(3)4)14(19)17-22(20,21)13-7-9(2)10(15)8-11(13)16/h7-8,12H,5-6H2,1-4H3,(H,17,19). The molecule has 0 bridgehead atoms. The highest BCUT2D eigenvalue weighted by molar-refractivity contribution is 7.90. The van der Waals surface area contributed by atoms with Crippen molar-refractivity contribution >= 4 is 15.9 Å². The Kier molecular flexibility index (Phi) is 6.01. The molecule has 0 aliphatic carbocycles. The number of sulfonamides is 1. The van der Waals surface area contributed by atoms with Gasteiger partial charge in [0.15, 0.2) is 0 Å². The van der Waals surface area contributed by atoms with Crippen LogP contribution in [0.25, 0.3) is 0 Å². The van der Waals surface area contributed by atoms with Crippen molar-refractivity contribution in [1.82, 2.24) is 9.62 Å². The van der Waals surface area contributed by atoms with E-state index >= 15 is 0 Å². The molecule has 22 heavy (non-hydrogen) atoms. The maximum Gasteiger partial charge on any atom is 0.267 e. The molecule has 1 amide bonds. The molecule has 0 heterocycles. The zero-order valence-corrected chi connectivity index (χ0v) is 13.8. The van der Waals surface area contributed by atoms with Crippen molar-refractivity contribution in [2.24, 2.45) is 0 Å². The van der Waals surface area contributed by atoms with Crippen molar-refractivity contribution in [3.05, 3.63) is 29.3 Å². The Bertz CT molecular complexity index is 660. The third-order valence-electron chi connectivity index (χ3n) is 3.23. The third-order valence-corrected chi connectivity index (χ3v) is 4.59. The highest BCUT2D eigenvalue weighted by Gasteiger charge is 2.28. The highest BCUT2D eigenvalue weighted by Crippen LogP contribution is 2.19. The maximum absolute atomic E-state index is 13.7. The second-order valence-corrected chi connectivity index (χ2v) is 6.92. The van der Waals surface area contributed by atoms with Crippen molar-refractivity contribution in [3.8, 4) is 0 Å². The van der Waals surface area contributed by atoms with Crippen molar-refractivity contribution in [2.75, 3.05) is 14.1 Å². The summed E-state index contributed by atoms with van der Waals surface area (Å²) >= 11 is 0. The highest BCUT2D eigenvalue weighted by atomic mass is 32.2. The van der Waals surface area contributed by atoms with Gasteiger partial charge in [-0.3, -0.25) is 9.69 Å². The Labute approximate surface area is 129 Å². The van der Waals surface area contributed by atoms with Gasteiger partial charge < -0.3 is 0 Å². The molecule has 5 nitrogen and oxygen atoms in total. The van der Waals surface area contributed by atoms with Crippen LogP contribution in [-0.2, 0) is 14.8 Å². The first-order valence-electron chi connectivity index (χ1n) is 6.79. The van der Waals surface area contributed by atoms with E-state index < -0.39 is 38.5 Å². The first-order valence-corrected chi connectivity index (χ1v) is 8.27. The van der Waals surface area contributed by atoms with E-state index in [-0.39, 0.29) is 5.56 Å². The number of amides is 1. The summed E-state index contributed by atoms with van der Waals surface area (Å²) in [5.41, 5.74) is -0.0214. The summed E-state index contributed by atoms with van der Waals surface area (Å²) in [6.45, 7) is 3.18. The molecule has 8 heteroatoms. The van der Waals surface area contributed by atoms with Crippen LogP contribution in [0.3, 0.4) is 0 Å². The van der Waals surface area contributed by atoms with Crippen molar-refractivity contribution < 1.29 is 22.0 Å². The van der Waals surface area contributed by atoms with Crippen molar-refractivity contribution in [2.45, 2.75) is 37.6 Å². The molecular weight excluding hydrogens is 314 g/mol. The average Bonchev–Trinajstić information content (AvgIpc) is 2.38. The minimum atomic E-state index is -4.39. The molecule has 1 atom stereocenters. The molecule has 1 aromatic rings. The smallest absolute Gasteiger partial charge is 0.267 e. The monoisotopic (exact) mass is 334 g/mol. The van der Waals surface area contributed by atoms with Gasteiger partial charge in [-0.05, 0) is 39.1 Å². The molecule has 0 aliphatic heterocycles. The van der Waals surface area contributed by atoms with Gasteiger partial charge in [-0.2, -0.15) is 0 Å². The Morgan fingerprint density at radius 2 is 1.86 bits per heavy atom. The SMILES string of the molecule is CCCC(C(=O)NS(=O)(=O)c1cc(C)c(F)cc1F)N(C)C. The van der Waals surface area contributed by atoms with Gasteiger partial charge in [-0.1, -0.05) is 13.3 Å². The first-order chi connectivity index (χ1) is 10.1. The van der Waals surface area contributed by atoms with E-state index in [0.29, 0.717) is 18.9 Å².